The summed E-state index contributed by atoms with van der Waals surface area (Å²) < 4.78 is 0. The first-order chi connectivity index (χ1) is 21.0. The number of likely N-dealkylation sites (tertiary alicyclic amines) is 1. The van der Waals surface area contributed by atoms with E-state index in [1.807, 2.05) is 30.3 Å². The van der Waals surface area contributed by atoms with Gasteiger partial charge in [-0.25, -0.2) is 0 Å². The van der Waals surface area contributed by atoms with E-state index in [0.717, 1.165) is 5.56 Å². The lowest BCUT2D eigenvalue weighted by Crippen LogP contribution is -2.58. The van der Waals surface area contributed by atoms with Gasteiger partial charge in [-0.1, -0.05) is 60.7 Å². The van der Waals surface area contributed by atoms with Crippen molar-refractivity contribution < 1.29 is 33.9 Å². The first-order valence-corrected chi connectivity index (χ1v) is 14.6. The molecule has 0 aliphatic carbocycles. The van der Waals surface area contributed by atoms with Crippen molar-refractivity contribution in [3.63, 3.8) is 0 Å². The van der Waals surface area contributed by atoms with Gasteiger partial charge in [0.2, 0.25) is 29.5 Å². The van der Waals surface area contributed by atoms with Crippen molar-refractivity contribution in [2.75, 3.05) is 13.1 Å². The largest absolute Gasteiger partial charge is 0.381 e. The molecule has 0 radical (unpaired) electrons. The molecule has 2 aromatic rings. The van der Waals surface area contributed by atoms with E-state index in [-0.39, 0.29) is 32.4 Å². The van der Waals surface area contributed by atoms with Crippen LogP contribution >= 0.6 is 0 Å². The number of benzene rings is 2. The zero-order valence-corrected chi connectivity index (χ0v) is 24.4. The van der Waals surface area contributed by atoms with Crippen molar-refractivity contribution in [2.45, 2.75) is 69.2 Å². The second kappa shape index (κ2) is 16.8. The van der Waals surface area contributed by atoms with Crippen LogP contribution in [0.3, 0.4) is 0 Å². The van der Waals surface area contributed by atoms with Crippen LogP contribution in [0.4, 0.5) is 0 Å². The van der Waals surface area contributed by atoms with Crippen molar-refractivity contribution in [1.82, 2.24) is 20.9 Å². The Bertz CT molecular complexity index is 1310. The molecular weight excluding hydrogens is 568 g/mol. The summed E-state index contributed by atoms with van der Waals surface area (Å²) in [7, 11) is 0. The van der Waals surface area contributed by atoms with E-state index in [4.69, 9.17) is 11.5 Å². The number of hydrogen-bond donors (Lipinski definition) is 6. The lowest BCUT2D eigenvalue weighted by Gasteiger charge is -2.31. The van der Waals surface area contributed by atoms with Gasteiger partial charge in [-0.15, -0.1) is 0 Å². The zero-order valence-electron chi connectivity index (χ0n) is 24.4. The van der Waals surface area contributed by atoms with Crippen LogP contribution in [0.1, 0.15) is 43.2 Å². The zero-order chi connectivity index (χ0) is 32.1. The third-order valence-corrected chi connectivity index (χ3v) is 7.31. The van der Waals surface area contributed by atoms with Gasteiger partial charge in [-0.05, 0) is 36.8 Å². The monoisotopic (exact) mass is 608 g/mol. The molecule has 1 aliphatic rings. The topological polar surface area (TPSA) is 214 Å². The SMILES string of the molecule is NC(=O)CCNC(=O)[C@@H]1CCCN1C(=O)[C@@H](O)[C@H](Cc1ccccc1)NC(=O)[C@H](CC(N)=O)NC(=O)CCc1ccccc1. The Kier molecular flexibility index (Phi) is 12.8. The Labute approximate surface area is 255 Å². The summed E-state index contributed by atoms with van der Waals surface area (Å²) in [6.45, 7) is 0.220. The van der Waals surface area contributed by atoms with Crippen LogP contribution in [0.2, 0.25) is 0 Å². The molecule has 44 heavy (non-hydrogen) atoms. The van der Waals surface area contributed by atoms with Crippen LogP contribution in [0.25, 0.3) is 0 Å². The fourth-order valence-corrected chi connectivity index (χ4v) is 5.04. The van der Waals surface area contributed by atoms with Crippen molar-refractivity contribution >= 4 is 35.4 Å². The predicted octanol–water partition coefficient (Wildman–Crippen LogP) is -0.950. The predicted molar refractivity (Wildman–Crippen MR) is 160 cm³/mol. The maximum absolute atomic E-state index is 13.5. The molecule has 1 saturated heterocycles. The highest BCUT2D eigenvalue weighted by molar-refractivity contribution is 5.93. The van der Waals surface area contributed by atoms with E-state index >= 15 is 0 Å². The Balaban J connectivity index is 1.73. The summed E-state index contributed by atoms with van der Waals surface area (Å²) in [6.07, 6.45) is -0.952. The average molecular weight is 609 g/mol. The van der Waals surface area contributed by atoms with Crippen LogP contribution in [0.15, 0.2) is 60.7 Å². The number of primary amides is 2. The summed E-state index contributed by atoms with van der Waals surface area (Å²) in [5.41, 5.74) is 12.1. The van der Waals surface area contributed by atoms with E-state index in [9.17, 15) is 33.9 Å². The smallest absolute Gasteiger partial charge is 0.254 e. The van der Waals surface area contributed by atoms with Crippen LogP contribution in [-0.2, 0) is 41.6 Å². The molecule has 1 aliphatic heterocycles. The molecule has 0 spiro atoms. The molecule has 0 unspecified atom stereocenters. The van der Waals surface area contributed by atoms with Gasteiger partial charge in [0.25, 0.3) is 5.91 Å². The van der Waals surface area contributed by atoms with Gasteiger partial charge >= 0.3 is 0 Å². The quantitative estimate of drug-likeness (QED) is 0.140. The number of aliphatic hydroxyl groups is 1. The number of aryl methyl sites for hydroxylation is 1. The molecule has 8 N–H and O–H groups in total. The molecule has 4 atom stereocenters. The van der Waals surface area contributed by atoms with Gasteiger partial charge in [0.05, 0.1) is 12.5 Å². The van der Waals surface area contributed by atoms with E-state index in [1.54, 1.807) is 30.3 Å². The van der Waals surface area contributed by atoms with Crippen molar-refractivity contribution in [3.05, 3.63) is 71.8 Å². The average Bonchev–Trinajstić information content (AvgIpc) is 3.49. The van der Waals surface area contributed by atoms with Gasteiger partial charge in [0.15, 0.2) is 6.10 Å². The van der Waals surface area contributed by atoms with Crippen LogP contribution in [0, 0.1) is 0 Å². The number of rotatable bonds is 16. The molecule has 0 bridgehead atoms. The minimum Gasteiger partial charge on any atom is -0.381 e. The number of carbonyl (C=O) groups is 6. The van der Waals surface area contributed by atoms with Crippen LogP contribution < -0.4 is 27.4 Å². The molecule has 0 saturated carbocycles. The van der Waals surface area contributed by atoms with Crippen LogP contribution in [-0.4, -0.2) is 82.8 Å². The third-order valence-electron chi connectivity index (χ3n) is 7.31. The lowest BCUT2D eigenvalue weighted by molar-refractivity contribution is -0.147. The maximum atomic E-state index is 13.5. The van der Waals surface area contributed by atoms with E-state index in [1.165, 1.54) is 4.90 Å². The number of amides is 6. The van der Waals surface area contributed by atoms with E-state index in [0.29, 0.717) is 24.8 Å². The highest BCUT2D eigenvalue weighted by Gasteiger charge is 2.40. The number of nitrogens with zero attached hydrogens (tertiary/aromatic N) is 1. The molecule has 13 heteroatoms. The second-order valence-electron chi connectivity index (χ2n) is 10.7. The van der Waals surface area contributed by atoms with Crippen molar-refractivity contribution in [3.8, 4) is 0 Å². The van der Waals surface area contributed by atoms with Gasteiger partial charge in [-0.2, -0.15) is 0 Å². The Morgan fingerprint density at radius 3 is 2.11 bits per heavy atom. The Morgan fingerprint density at radius 1 is 0.864 bits per heavy atom. The number of hydrogen-bond acceptors (Lipinski definition) is 7. The fraction of sp³-hybridized carbons (Fsp3) is 0.419. The second-order valence-corrected chi connectivity index (χ2v) is 10.7. The highest BCUT2D eigenvalue weighted by atomic mass is 16.3. The first kappa shape index (κ1) is 33.7. The molecule has 6 amide bonds. The molecule has 1 fully saturated rings. The lowest BCUT2D eigenvalue weighted by atomic mass is 9.99. The number of aliphatic hydroxyl groups excluding tert-OH is 1. The van der Waals surface area contributed by atoms with Gasteiger partial charge in [0, 0.05) is 25.9 Å². The van der Waals surface area contributed by atoms with Crippen molar-refractivity contribution in [2.24, 2.45) is 11.5 Å². The summed E-state index contributed by atoms with van der Waals surface area (Å²) in [5.74, 6) is -3.93. The standard InChI is InChI=1S/C31H40N6O7/c32-25(38)15-16-34-30(43)24-12-7-17-37(24)31(44)28(41)22(18-21-10-5-2-6-11-21)36-29(42)23(19-26(33)39)35-27(40)14-13-20-8-3-1-4-9-20/h1-6,8-11,22-24,28,41H,7,12-19H2,(H2,32,38)(H2,33,39)(H,34,43)(H,35,40)(H,36,42)/t22-,23-,24-,28-/m0/s1. The van der Waals surface area contributed by atoms with E-state index in [2.05, 4.69) is 16.0 Å². The molecule has 1 heterocycles. The molecule has 13 nitrogen and oxygen atoms in total. The third kappa shape index (κ3) is 10.5. The summed E-state index contributed by atoms with van der Waals surface area (Å²) in [4.78, 5) is 76.5. The fourth-order valence-electron chi connectivity index (χ4n) is 5.04. The van der Waals surface area contributed by atoms with Gasteiger partial charge in [-0.3, -0.25) is 28.8 Å². The van der Waals surface area contributed by atoms with Crippen LogP contribution in [0.5, 0.6) is 0 Å². The summed E-state index contributed by atoms with van der Waals surface area (Å²) in [6, 6.07) is 14.7. The normalized spacial score (nSPS) is 16.3. The van der Waals surface area contributed by atoms with E-state index < -0.39 is 66.1 Å². The van der Waals surface area contributed by atoms with Gasteiger partial charge in [0.1, 0.15) is 12.1 Å². The Hall–Kier alpha value is -4.78. The highest BCUT2D eigenvalue weighted by Crippen LogP contribution is 2.20. The minimum absolute atomic E-state index is 0.0141. The minimum atomic E-state index is -1.76. The summed E-state index contributed by atoms with van der Waals surface area (Å²) >= 11 is 0. The number of carbonyl (C=O) groups excluding carboxylic acids is 6. The number of nitrogens with one attached hydrogen (secondary N) is 3. The Morgan fingerprint density at radius 2 is 1.50 bits per heavy atom. The molecule has 3 rings (SSSR count). The molecule has 0 aromatic heterocycles. The number of nitrogens with two attached hydrogens (primary N) is 2. The van der Waals surface area contributed by atoms with Gasteiger partial charge < -0.3 is 37.4 Å². The maximum Gasteiger partial charge on any atom is 0.254 e. The molecular formula is C31H40N6O7. The molecule has 2 aromatic carbocycles. The van der Waals surface area contributed by atoms with Crippen molar-refractivity contribution in [1.29, 1.82) is 0 Å². The first-order valence-electron chi connectivity index (χ1n) is 14.6. The summed E-state index contributed by atoms with van der Waals surface area (Å²) in [5, 5.41) is 19.0. The molecule has 236 valence electrons.